The van der Waals surface area contributed by atoms with Crippen LogP contribution in [0.1, 0.15) is 29.6 Å². The minimum atomic E-state index is -0.236. The van der Waals surface area contributed by atoms with Gasteiger partial charge in [0.1, 0.15) is 5.38 Å². The van der Waals surface area contributed by atoms with E-state index in [9.17, 15) is 0 Å². The number of halogens is 1. The zero-order valence-electron chi connectivity index (χ0n) is 9.68. The molecule has 1 aromatic carbocycles. The van der Waals surface area contributed by atoms with E-state index in [1.807, 2.05) is 13.0 Å². The number of thioether (sulfide) groups is 1. The average Bonchev–Trinajstić information content (AvgIpc) is 2.75. The first-order chi connectivity index (χ1) is 8.15. The number of rotatable bonds is 4. The van der Waals surface area contributed by atoms with Crippen molar-refractivity contribution in [3.05, 3.63) is 41.5 Å². The van der Waals surface area contributed by atoms with Gasteiger partial charge in [0.25, 0.3) is 0 Å². The van der Waals surface area contributed by atoms with E-state index < -0.39 is 0 Å². The minimum absolute atomic E-state index is 0.236. The van der Waals surface area contributed by atoms with E-state index in [4.69, 9.17) is 16.1 Å². The topological polar surface area (TPSA) is 38.9 Å². The number of hydrogen-bond donors (Lipinski definition) is 0. The molecule has 0 N–H and O–H groups in total. The maximum absolute atomic E-state index is 5.85. The van der Waals surface area contributed by atoms with Gasteiger partial charge >= 0.3 is 0 Å². The lowest BCUT2D eigenvalue weighted by atomic mass is 10.2. The molecule has 0 spiro atoms. The normalized spacial score (nSPS) is 12.6. The summed E-state index contributed by atoms with van der Waals surface area (Å²) in [5.74, 6) is 1.85. The first-order valence-corrected chi connectivity index (χ1v) is 6.73. The van der Waals surface area contributed by atoms with Crippen LogP contribution in [0.15, 0.2) is 33.7 Å². The Balaban J connectivity index is 1.97. The maximum Gasteiger partial charge on any atom is 0.244 e. The third kappa shape index (κ3) is 3.48. The number of aromatic nitrogens is 2. The van der Waals surface area contributed by atoms with E-state index in [-0.39, 0.29) is 5.38 Å². The Bertz CT molecular complexity index is 499. The highest BCUT2D eigenvalue weighted by Gasteiger charge is 2.11. The van der Waals surface area contributed by atoms with Crippen molar-refractivity contribution < 1.29 is 4.52 Å². The van der Waals surface area contributed by atoms with Gasteiger partial charge in [-0.25, -0.2) is 0 Å². The van der Waals surface area contributed by atoms with Gasteiger partial charge in [0, 0.05) is 4.90 Å². The van der Waals surface area contributed by atoms with Crippen molar-refractivity contribution >= 4 is 23.4 Å². The fourth-order valence-corrected chi connectivity index (χ4v) is 2.29. The molecule has 0 saturated heterocycles. The van der Waals surface area contributed by atoms with Crippen molar-refractivity contribution in [1.29, 1.82) is 0 Å². The summed E-state index contributed by atoms with van der Waals surface area (Å²) in [7, 11) is 0. The second-order valence-electron chi connectivity index (χ2n) is 3.77. The van der Waals surface area contributed by atoms with Gasteiger partial charge in [-0.1, -0.05) is 22.9 Å². The molecule has 0 saturated carbocycles. The van der Waals surface area contributed by atoms with E-state index in [2.05, 4.69) is 35.3 Å². The molecule has 0 aliphatic carbocycles. The quantitative estimate of drug-likeness (QED) is 0.621. The highest BCUT2D eigenvalue weighted by molar-refractivity contribution is 7.98. The number of benzene rings is 1. The van der Waals surface area contributed by atoms with Gasteiger partial charge in [0.2, 0.25) is 5.89 Å². The molecule has 1 aromatic heterocycles. The van der Waals surface area contributed by atoms with Gasteiger partial charge < -0.3 is 4.52 Å². The van der Waals surface area contributed by atoms with Gasteiger partial charge in [0.15, 0.2) is 5.82 Å². The van der Waals surface area contributed by atoms with Crippen molar-refractivity contribution in [1.82, 2.24) is 10.1 Å². The summed E-state index contributed by atoms with van der Waals surface area (Å²) < 4.78 is 5.03. The lowest BCUT2D eigenvalue weighted by Gasteiger charge is -1.99. The highest BCUT2D eigenvalue weighted by atomic mass is 35.5. The molecule has 2 rings (SSSR count). The molecule has 1 unspecified atom stereocenters. The molecule has 0 bridgehead atoms. The monoisotopic (exact) mass is 268 g/mol. The predicted octanol–water partition coefficient (Wildman–Crippen LogP) is 3.97. The molecule has 3 nitrogen and oxygen atoms in total. The lowest BCUT2D eigenvalue weighted by molar-refractivity contribution is 0.375. The van der Waals surface area contributed by atoms with Crippen LogP contribution in [0, 0.1) is 6.92 Å². The summed E-state index contributed by atoms with van der Waals surface area (Å²) in [5, 5.41) is 3.65. The summed E-state index contributed by atoms with van der Waals surface area (Å²) in [6, 6.07) is 8.32. The maximum atomic E-state index is 5.85. The van der Waals surface area contributed by atoms with Gasteiger partial charge in [0.05, 0.1) is 5.75 Å². The smallest absolute Gasteiger partial charge is 0.244 e. The second-order valence-corrected chi connectivity index (χ2v) is 5.47. The van der Waals surface area contributed by atoms with E-state index >= 15 is 0 Å². The van der Waals surface area contributed by atoms with Crippen LogP contribution in [0.3, 0.4) is 0 Å². The summed E-state index contributed by atoms with van der Waals surface area (Å²) >= 11 is 7.54. The third-order valence-electron chi connectivity index (χ3n) is 2.18. The molecule has 0 aliphatic heterocycles. The Labute approximate surface area is 110 Å². The number of nitrogens with zero attached hydrogens (tertiary/aromatic N) is 2. The number of aryl methyl sites for hydroxylation is 1. The highest BCUT2D eigenvalue weighted by Crippen LogP contribution is 2.23. The van der Waals surface area contributed by atoms with E-state index in [0.717, 1.165) is 0 Å². The van der Waals surface area contributed by atoms with Crippen LogP contribution in [0.5, 0.6) is 0 Å². The molecule has 17 heavy (non-hydrogen) atoms. The standard InChI is InChI=1S/C12H13ClN2OS/c1-8-4-3-5-10(6-8)17-7-11-14-12(9(2)13)16-15-11/h3-6,9H,7H2,1-2H3. The second kappa shape index (κ2) is 5.56. The van der Waals surface area contributed by atoms with E-state index in [1.54, 1.807) is 11.8 Å². The van der Waals surface area contributed by atoms with Gasteiger partial charge in [-0.15, -0.1) is 23.4 Å². The largest absolute Gasteiger partial charge is 0.338 e. The summed E-state index contributed by atoms with van der Waals surface area (Å²) in [6.07, 6.45) is 0. The predicted molar refractivity (Wildman–Crippen MR) is 69.3 cm³/mol. The van der Waals surface area contributed by atoms with E-state index in [0.29, 0.717) is 17.5 Å². The van der Waals surface area contributed by atoms with Crippen molar-refractivity contribution in [2.24, 2.45) is 0 Å². The van der Waals surface area contributed by atoms with Crippen molar-refractivity contribution in [3.63, 3.8) is 0 Å². The third-order valence-corrected chi connectivity index (χ3v) is 3.36. The van der Waals surface area contributed by atoms with Crippen molar-refractivity contribution in [2.75, 3.05) is 0 Å². The van der Waals surface area contributed by atoms with Gasteiger partial charge in [-0.3, -0.25) is 0 Å². The molecule has 5 heteroatoms. The number of alkyl halides is 1. The van der Waals surface area contributed by atoms with Crippen molar-refractivity contribution in [3.8, 4) is 0 Å². The zero-order chi connectivity index (χ0) is 12.3. The van der Waals surface area contributed by atoms with Gasteiger partial charge in [-0.2, -0.15) is 4.98 Å². The molecule has 1 atom stereocenters. The van der Waals surface area contributed by atoms with Crippen LogP contribution in [-0.4, -0.2) is 10.1 Å². The summed E-state index contributed by atoms with van der Waals surface area (Å²) in [6.45, 7) is 3.89. The fraction of sp³-hybridized carbons (Fsp3) is 0.333. The molecular weight excluding hydrogens is 256 g/mol. The van der Waals surface area contributed by atoms with Crippen LogP contribution in [0.25, 0.3) is 0 Å². The van der Waals surface area contributed by atoms with Crippen LogP contribution in [0.2, 0.25) is 0 Å². The van der Waals surface area contributed by atoms with Crippen LogP contribution < -0.4 is 0 Å². The Morgan fingerprint density at radius 3 is 2.94 bits per heavy atom. The summed E-state index contributed by atoms with van der Waals surface area (Å²) in [5.41, 5.74) is 1.25. The molecular formula is C12H13ClN2OS. The van der Waals surface area contributed by atoms with E-state index in [1.165, 1.54) is 10.5 Å². The first-order valence-electron chi connectivity index (χ1n) is 5.31. The average molecular weight is 269 g/mol. The van der Waals surface area contributed by atoms with Crippen LogP contribution in [-0.2, 0) is 5.75 Å². The SMILES string of the molecule is Cc1cccc(SCc2noc(C(C)Cl)n2)c1. The summed E-state index contributed by atoms with van der Waals surface area (Å²) in [4.78, 5) is 5.42. The lowest BCUT2D eigenvalue weighted by Crippen LogP contribution is -1.87. The Hall–Kier alpha value is -1.00. The first kappa shape index (κ1) is 12.5. The van der Waals surface area contributed by atoms with Crippen LogP contribution in [0.4, 0.5) is 0 Å². The molecule has 0 fully saturated rings. The molecule has 2 aromatic rings. The molecule has 90 valence electrons. The zero-order valence-corrected chi connectivity index (χ0v) is 11.3. The number of hydrogen-bond acceptors (Lipinski definition) is 4. The molecule has 1 heterocycles. The molecule has 0 amide bonds. The minimum Gasteiger partial charge on any atom is -0.338 e. The van der Waals surface area contributed by atoms with Gasteiger partial charge in [-0.05, 0) is 26.0 Å². The Morgan fingerprint density at radius 1 is 1.47 bits per heavy atom. The van der Waals surface area contributed by atoms with Crippen molar-refractivity contribution in [2.45, 2.75) is 29.9 Å². The molecule has 0 radical (unpaired) electrons. The Kier molecular flexibility index (Phi) is 4.07. The fourth-order valence-electron chi connectivity index (χ4n) is 1.34. The molecule has 0 aliphatic rings. The Morgan fingerprint density at radius 2 is 2.29 bits per heavy atom. The van der Waals surface area contributed by atoms with Crippen LogP contribution >= 0.6 is 23.4 Å².